The van der Waals surface area contributed by atoms with Gasteiger partial charge in [0, 0.05) is 6.42 Å². The van der Waals surface area contributed by atoms with Gasteiger partial charge in [-0.25, -0.2) is 0 Å². The molecule has 140 valence electrons. The first kappa shape index (κ1) is 21.4. The van der Waals surface area contributed by atoms with Crippen molar-refractivity contribution in [3.63, 3.8) is 0 Å². The lowest BCUT2D eigenvalue weighted by Crippen LogP contribution is -1.93. The Morgan fingerprint density at radius 2 is 1.44 bits per heavy atom. The van der Waals surface area contributed by atoms with Crippen molar-refractivity contribution in [1.82, 2.24) is 0 Å². The Bertz CT molecular complexity index is 460. The summed E-state index contributed by atoms with van der Waals surface area (Å²) in [5.41, 5.74) is 0. The van der Waals surface area contributed by atoms with Crippen LogP contribution in [0.25, 0.3) is 0 Å². The van der Waals surface area contributed by atoms with E-state index in [1.54, 1.807) is 0 Å². The normalized spacial score (nSPS) is 20.5. The van der Waals surface area contributed by atoms with E-state index in [4.69, 9.17) is 9.84 Å². The Balaban J connectivity index is 1.91. The zero-order valence-electron chi connectivity index (χ0n) is 15.6. The fraction of sp³-hybridized carbons (Fsp3) is 0.591. The number of hydrogen-bond donors (Lipinski definition) is 1. The zero-order chi connectivity index (χ0) is 18.2. The maximum Gasteiger partial charge on any atom is 0.303 e. The SMILES string of the molecule is CC/C=C\C/C=C\CC1OC1C/C=C\C/C=C\CCCCCC(=O)O. The second-order valence-electron chi connectivity index (χ2n) is 6.44. The topological polar surface area (TPSA) is 49.8 Å². The van der Waals surface area contributed by atoms with E-state index < -0.39 is 5.97 Å². The fourth-order valence-electron chi connectivity index (χ4n) is 2.60. The van der Waals surface area contributed by atoms with Crippen LogP contribution in [0.3, 0.4) is 0 Å². The molecule has 3 nitrogen and oxygen atoms in total. The molecule has 1 fully saturated rings. The van der Waals surface area contributed by atoms with Crippen molar-refractivity contribution in [2.24, 2.45) is 0 Å². The molecule has 1 N–H and O–H groups in total. The summed E-state index contributed by atoms with van der Waals surface area (Å²) in [7, 11) is 0. The van der Waals surface area contributed by atoms with Crippen LogP contribution in [-0.4, -0.2) is 23.3 Å². The molecule has 0 saturated carbocycles. The van der Waals surface area contributed by atoms with Crippen LogP contribution in [0.15, 0.2) is 48.6 Å². The first-order chi connectivity index (χ1) is 12.2. The van der Waals surface area contributed by atoms with E-state index in [0.717, 1.165) is 57.8 Å². The summed E-state index contributed by atoms with van der Waals surface area (Å²) in [4.78, 5) is 10.4. The number of carboxylic acid groups (broad SMARTS) is 1. The standard InChI is InChI=1S/C22H34O3/c1-2-3-4-5-11-14-17-20-21(25-20)18-15-12-9-7-6-8-10-13-16-19-22(23)24/h3-4,6-7,11-12,14-15,20-21H,2,5,8-10,13,16-19H2,1H3,(H,23,24)/b4-3-,7-6-,14-11-,15-12-. The molecule has 2 unspecified atom stereocenters. The Labute approximate surface area is 153 Å². The van der Waals surface area contributed by atoms with E-state index in [1.807, 2.05) is 0 Å². The lowest BCUT2D eigenvalue weighted by Gasteiger charge is -1.94. The highest BCUT2D eigenvalue weighted by Gasteiger charge is 2.35. The largest absolute Gasteiger partial charge is 0.481 e. The van der Waals surface area contributed by atoms with Gasteiger partial charge >= 0.3 is 5.97 Å². The van der Waals surface area contributed by atoms with Gasteiger partial charge in [-0.3, -0.25) is 4.79 Å². The third-order valence-corrected chi connectivity index (χ3v) is 4.13. The summed E-state index contributed by atoms with van der Waals surface area (Å²) < 4.78 is 5.66. The average Bonchev–Trinajstić information content (AvgIpc) is 3.34. The minimum absolute atomic E-state index is 0.294. The molecule has 3 heteroatoms. The number of ether oxygens (including phenoxy) is 1. The van der Waals surface area contributed by atoms with Crippen molar-refractivity contribution in [3.8, 4) is 0 Å². The van der Waals surface area contributed by atoms with E-state index in [0.29, 0.717) is 18.6 Å². The molecule has 0 spiro atoms. The number of unbranched alkanes of at least 4 members (excludes halogenated alkanes) is 3. The number of rotatable bonds is 15. The lowest BCUT2D eigenvalue weighted by molar-refractivity contribution is -0.137. The molecular formula is C22H34O3. The van der Waals surface area contributed by atoms with Crippen molar-refractivity contribution >= 4 is 5.97 Å². The second-order valence-corrected chi connectivity index (χ2v) is 6.44. The predicted molar refractivity (Wildman–Crippen MR) is 105 cm³/mol. The molecule has 1 heterocycles. The maximum absolute atomic E-state index is 10.4. The van der Waals surface area contributed by atoms with Crippen LogP contribution in [0.5, 0.6) is 0 Å². The summed E-state index contributed by atoms with van der Waals surface area (Å²) in [6, 6.07) is 0. The number of carbonyl (C=O) groups is 1. The Kier molecular flexibility index (Phi) is 12.6. The van der Waals surface area contributed by atoms with Crippen LogP contribution in [0.2, 0.25) is 0 Å². The van der Waals surface area contributed by atoms with Gasteiger partial charge in [-0.2, -0.15) is 0 Å². The highest BCUT2D eigenvalue weighted by Crippen LogP contribution is 2.29. The summed E-state index contributed by atoms with van der Waals surface area (Å²) in [6.45, 7) is 2.15. The van der Waals surface area contributed by atoms with Gasteiger partial charge in [0.15, 0.2) is 0 Å². The van der Waals surface area contributed by atoms with E-state index in [2.05, 4.69) is 55.5 Å². The molecular weight excluding hydrogens is 312 g/mol. The number of allylic oxidation sites excluding steroid dienone is 6. The average molecular weight is 347 g/mol. The van der Waals surface area contributed by atoms with Crippen LogP contribution < -0.4 is 0 Å². The number of aliphatic carboxylic acids is 1. The Hall–Kier alpha value is -1.61. The van der Waals surface area contributed by atoms with Gasteiger partial charge in [-0.15, -0.1) is 0 Å². The number of epoxide rings is 1. The van der Waals surface area contributed by atoms with Gasteiger partial charge in [-0.1, -0.05) is 62.0 Å². The molecule has 1 rings (SSSR count). The summed E-state index contributed by atoms with van der Waals surface area (Å²) >= 11 is 0. The van der Waals surface area contributed by atoms with E-state index in [9.17, 15) is 4.79 Å². The van der Waals surface area contributed by atoms with Crippen LogP contribution in [0, 0.1) is 0 Å². The van der Waals surface area contributed by atoms with Gasteiger partial charge in [-0.05, 0) is 51.4 Å². The van der Waals surface area contributed by atoms with Crippen LogP contribution >= 0.6 is 0 Å². The zero-order valence-corrected chi connectivity index (χ0v) is 15.6. The van der Waals surface area contributed by atoms with Gasteiger partial charge in [0.25, 0.3) is 0 Å². The first-order valence-corrected chi connectivity index (χ1v) is 9.71. The molecule has 0 radical (unpaired) electrons. The third-order valence-electron chi connectivity index (χ3n) is 4.13. The van der Waals surface area contributed by atoms with E-state index in [1.165, 1.54) is 0 Å². The molecule has 1 aliphatic heterocycles. The molecule has 1 aliphatic rings. The number of carboxylic acids is 1. The maximum atomic E-state index is 10.4. The first-order valence-electron chi connectivity index (χ1n) is 9.71. The molecule has 1 saturated heterocycles. The minimum Gasteiger partial charge on any atom is -0.481 e. The van der Waals surface area contributed by atoms with Gasteiger partial charge in [0.1, 0.15) is 0 Å². The lowest BCUT2D eigenvalue weighted by atomic mass is 10.1. The van der Waals surface area contributed by atoms with Crippen LogP contribution in [0.1, 0.15) is 71.1 Å². The molecule has 0 aromatic carbocycles. The highest BCUT2D eigenvalue weighted by molar-refractivity contribution is 5.66. The molecule has 0 aromatic heterocycles. The molecule has 0 amide bonds. The molecule has 0 aromatic rings. The Morgan fingerprint density at radius 3 is 2.04 bits per heavy atom. The fourth-order valence-corrected chi connectivity index (χ4v) is 2.60. The van der Waals surface area contributed by atoms with Crippen molar-refractivity contribution in [2.45, 2.75) is 83.3 Å². The predicted octanol–water partition coefficient (Wildman–Crippen LogP) is 5.98. The van der Waals surface area contributed by atoms with Crippen molar-refractivity contribution in [3.05, 3.63) is 48.6 Å². The van der Waals surface area contributed by atoms with Crippen molar-refractivity contribution in [2.75, 3.05) is 0 Å². The summed E-state index contributed by atoms with van der Waals surface area (Å²) in [5, 5.41) is 8.54. The molecule has 2 atom stereocenters. The minimum atomic E-state index is -0.692. The monoisotopic (exact) mass is 346 g/mol. The van der Waals surface area contributed by atoms with Crippen molar-refractivity contribution in [1.29, 1.82) is 0 Å². The number of hydrogen-bond acceptors (Lipinski definition) is 2. The van der Waals surface area contributed by atoms with Crippen LogP contribution in [0.4, 0.5) is 0 Å². The molecule has 0 bridgehead atoms. The third kappa shape index (κ3) is 13.4. The Morgan fingerprint density at radius 1 is 0.840 bits per heavy atom. The highest BCUT2D eigenvalue weighted by atomic mass is 16.6. The van der Waals surface area contributed by atoms with Crippen LogP contribution in [-0.2, 0) is 9.53 Å². The smallest absolute Gasteiger partial charge is 0.303 e. The van der Waals surface area contributed by atoms with E-state index in [-0.39, 0.29) is 0 Å². The van der Waals surface area contributed by atoms with E-state index >= 15 is 0 Å². The van der Waals surface area contributed by atoms with Gasteiger partial charge < -0.3 is 9.84 Å². The van der Waals surface area contributed by atoms with Gasteiger partial charge in [0.2, 0.25) is 0 Å². The molecule has 0 aliphatic carbocycles. The van der Waals surface area contributed by atoms with Gasteiger partial charge in [0.05, 0.1) is 12.2 Å². The summed E-state index contributed by atoms with van der Waals surface area (Å²) in [6.07, 6.45) is 27.8. The summed E-state index contributed by atoms with van der Waals surface area (Å²) in [5.74, 6) is -0.692. The molecule has 25 heavy (non-hydrogen) atoms. The second kappa shape index (κ2) is 14.7. The van der Waals surface area contributed by atoms with Crippen molar-refractivity contribution < 1.29 is 14.6 Å². The quantitative estimate of drug-likeness (QED) is 0.225.